The molecule has 16 heavy (non-hydrogen) atoms. The molecule has 1 aromatic carbocycles. The topological polar surface area (TPSA) is 67.7 Å². The van der Waals surface area contributed by atoms with Crippen molar-refractivity contribution in [1.82, 2.24) is 9.78 Å². The third kappa shape index (κ3) is 2.19. The van der Waals surface area contributed by atoms with Gasteiger partial charge in [0.2, 0.25) is 0 Å². The molecular formula is C10H8ClIN4. The minimum Gasteiger partial charge on any atom is -0.384 e. The maximum atomic E-state index is 7.51. The molecule has 82 valence electrons. The van der Waals surface area contributed by atoms with Gasteiger partial charge in [-0.3, -0.25) is 5.41 Å². The molecule has 0 fully saturated rings. The van der Waals surface area contributed by atoms with Crippen LogP contribution in [0.3, 0.4) is 0 Å². The molecule has 0 unspecified atom stereocenters. The maximum Gasteiger partial charge on any atom is 0.125 e. The molecule has 0 aliphatic rings. The van der Waals surface area contributed by atoms with Crippen LogP contribution >= 0.6 is 34.2 Å². The monoisotopic (exact) mass is 346 g/mol. The standard InChI is InChI=1S/C10H8ClIN4/c11-6-1-2-9(8(3-6)10(13)14)16-5-7(12)4-15-16/h1-5H,(H3,13,14). The Kier molecular flexibility index (Phi) is 3.15. The van der Waals surface area contributed by atoms with E-state index in [1.165, 1.54) is 0 Å². The van der Waals surface area contributed by atoms with E-state index >= 15 is 0 Å². The smallest absolute Gasteiger partial charge is 0.125 e. The summed E-state index contributed by atoms with van der Waals surface area (Å²) < 4.78 is 2.69. The van der Waals surface area contributed by atoms with Gasteiger partial charge in [0.1, 0.15) is 5.84 Å². The van der Waals surface area contributed by atoms with Crippen molar-refractivity contribution in [1.29, 1.82) is 5.41 Å². The molecule has 0 saturated heterocycles. The molecule has 2 aromatic rings. The van der Waals surface area contributed by atoms with Crippen LogP contribution in [0.4, 0.5) is 0 Å². The van der Waals surface area contributed by atoms with Crippen molar-refractivity contribution in [2.45, 2.75) is 0 Å². The van der Waals surface area contributed by atoms with Crippen LogP contribution < -0.4 is 5.73 Å². The zero-order chi connectivity index (χ0) is 11.7. The van der Waals surface area contributed by atoms with Gasteiger partial charge >= 0.3 is 0 Å². The molecule has 0 aliphatic carbocycles. The average molecular weight is 347 g/mol. The third-order valence-electron chi connectivity index (χ3n) is 2.05. The second-order valence-corrected chi connectivity index (χ2v) is 4.86. The molecule has 0 saturated carbocycles. The van der Waals surface area contributed by atoms with Gasteiger partial charge in [0.05, 0.1) is 15.5 Å². The average Bonchev–Trinajstić information content (AvgIpc) is 2.64. The molecule has 2 rings (SSSR count). The number of nitrogens with zero attached hydrogens (tertiary/aromatic N) is 2. The van der Waals surface area contributed by atoms with Crippen LogP contribution in [0.1, 0.15) is 5.56 Å². The van der Waals surface area contributed by atoms with Crippen LogP contribution in [0.15, 0.2) is 30.6 Å². The first-order valence-corrected chi connectivity index (χ1v) is 5.88. The van der Waals surface area contributed by atoms with Gasteiger partial charge in [-0.2, -0.15) is 5.10 Å². The largest absolute Gasteiger partial charge is 0.384 e. The number of nitrogens with two attached hydrogens (primary N) is 1. The molecule has 0 amide bonds. The van der Waals surface area contributed by atoms with Crippen LogP contribution in [0.5, 0.6) is 0 Å². The molecule has 0 radical (unpaired) electrons. The van der Waals surface area contributed by atoms with E-state index in [2.05, 4.69) is 27.7 Å². The summed E-state index contributed by atoms with van der Waals surface area (Å²) in [7, 11) is 0. The summed E-state index contributed by atoms with van der Waals surface area (Å²) in [5.41, 5.74) is 6.84. The lowest BCUT2D eigenvalue weighted by Crippen LogP contribution is -2.15. The van der Waals surface area contributed by atoms with E-state index in [-0.39, 0.29) is 5.84 Å². The zero-order valence-corrected chi connectivity index (χ0v) is 11.0. The summed E-state index contributed by atoms with van der Waals surface area (Å²) in [5.74, 6) is -0.0250. The number of rotatable bonds is 2. The highest BCUT2D eigenvalue weighted by atomic mass is 127. The van der Waals surface area contributed by atoms with Gasteiger partial charge in [-0.15, -0.1) is 0 Å². The Hall–Kier alpha value is -1.08. The van der Waals surface area contributed by atoms with Crippen LogP contribution in [-0.2, 0) is 0 Å². The Morgan fingerprint density at radius 3 is 2.81 bits per heavy atom. The fourth-order valence-electron chi connectivity index (χ4n) is 1.36. The lowest BCUT2D eigenvalue weighted by molar-refractivity contribution is 0.878. The third-order valence-corrected chi connectivity index (χ3v) is 2.84. The lowest BCUT2D eigenvalue weighted by atomic mass is 10.1. The highest BCUT2D eigenvalue weighted by molar-refractivity contribution is 14.1. The number of hydrogen-bond donors (Lipinski definition) is 2. The molecule has 1 aromatic heterocycles. The van der Waals surface area contributed by atoms with Gasteiger partial charge in [0, 0.05) is 16.8 Å². The van der Waals surface area contributed by atoms with Gasteiger partial charge in [-0.25, -0.2) is 4.68 Å². The number of aromatic nitrogens is 2. The predicted octanol–water partition coefficient (Wildman–Crippen LogP) is 2.41. The Balaban J connectivity index is 2.60. The second kappa shape index (κ2) is 4.42. The van der Waals surface area contributed by atoms with Crippen molar-refractivity contribution in [2.24, 2.45) is 5.73 Å². The van der Waals surface area contributed by atoms with Gasteiger partial charge in [-0.05, 0) is 40.8 Å². The van der Waals surface area contributed by atoms with Crippen molar-refractivity contribution < 1.29 is 0 Å². The molecule has 4 nitrogen and oxygen atoms in total. The number of benzene rings is 1. The summed E-state index contributed by atoms with van der Waals surface area (Å²) in [6, 6.07) is 5.20. The minimum absolute atomic E-state index is 0.0250. The molecule has 0 spiro atoms. The molecule has 0 atom stereocenters. The molecule has 3 N–H and O–H groups in total. The Labute approximate surface area is 111 Å². The Bertz CT molecular complexity index is 550. The molecule has 0 bridgehead atoms. The van der Waals surface area contributed by atoms with Crippen molar-refractivity contribution in [3.63, 3.8) is 0 Å². The number of hydrogen-bond acceptors (Lipinski definition) is 2. The van der Waals surface area contributed by atoms with E-state index in [9.17, 15) is 0 Å². The van der Waals surface area contributed by atoms with Crippen LogP contribution in [0.25, 0.3) is 5.69 Å². The normalized spacial score (nSPS) is 10.4. The van der Waals surface area contributed by atoms with Crippen molar-refractivity contribution >= 4 is 40.0 Å². The highest BCUT2D eigenvalue weighted by Crippen LogP contribution is 2.19. The van der Waals surface area contributed by atoms with E-state index in [1.54, 1.807) is 29.1 Å². The molecule has 0 aliphatic heterocycles. The van der Waals surface area contributed by atoms with Crippen molar-refractivity contribution in [2.75, 3.05) is 0 Å². The molecule has 1 heterocycles. The summed E-state index contributed by atoms with van der Waals surface area (Å²) in [4.78, 5) is 0. The Morgan fingerprint density at radius 1 is 1.50 bits per heavy atom. The van der Waals surface area contributed by atoms with E-state index < -0.39 is 0 Å². The summed E-state index contributed by atoms with van der Waals surface area (Å²) in [5, 5.41) is 12.2. The highest BCUT2D eigenvalue weighted by Gasteiger charge is 2.09. The van der Waals surface area contributed by atoms with Gasteiger partial charge in [0.25, 0.3) is 0 Å². The summed E-state index contributed by atoms with van der Waals surface area (Å²) in [6.07, 6.45) is 3.59. The van der Waals surface area contributed by atoms with Gasteiger partial charge in [-0.1, -0.05) is 11.6 Å². The quantitative estimate of drug-likeness (QED) is 0.498. The van der Waals surface area contributed by atoms with E-state index in [4.69, 9.17) is 22.7 Å². The first-order valence-electron chi connectivity index (χ1n) is 4.42. The molecular weight excluding hydrogens is 338 g/mol. The lowest BCUT2D eigenvalue weighted by Gasteiger charge is -2.08. The zero-order valence-electron chi connectivity index (χ0n) is 8.11. The van der Waals surface area contributed by atoms with E-state index in [0.29, 0.717) is 10.6 Å². The SMILES string of the molecule is N=C(N)c1cc(Cl)ccc1-n1cc(I)cn1. The first kappa shape index (κ1) is 11.4. The summed E-state index contributed by atoms with van der Waals surface area (Å²) >= 11 is 8.04. The Morgan fingerprint density at radius 2 is 2.25 bits per heavy atom. The van der Waals surface area contributed by atoms with Crippen LogP contribution in [0, 0.1) is 8.98 Å². The fraction of sp³-hybridized carbons (Fsp3) is 0. The number of nitrogen functional groups attached to an aromatic ring is 1. The maximum absolute atomic E-state index is 7.51. The van der Waals surface area contributed by atoms with Crippen molar-refractivity contribution in [3.05, 3.63) is 44.7 Å². The second-order valence-electron chi connectivity index (χ2n) is 3.18. The minimum atomic E-state index is -0.0250. The number of halogens is 2. The number of nitrogens with one attached hydrogen (secondary N) is 1. The van der Waals surface area contributed by atoms with Crippen LogP contribution in [-0.4, -0.2) is 15.6 Å². The predicted molar refractivity (Wildman–Crippen MR) is 72.3 cm³/mol. The van der Waals surface area contributed by atoms with Gasteiger partial charge in [0.15, 0.2) is 0 Å². The summed E-state index contributed by atoms with van der Waals surface area (Å²) in [6.45, 7) is 0. The van der Waals surface area contributed by atoms with Gasteiger partial charge < -0.3 is 5.73 Å². The fourth-order valence-corrected chi connectivity index (χ4v) is 1.92. The molecule has 6 heteroatoms. The van der Waals surface area contributed by atoms with E-state index in [1.807, 2.05) is 6.20 Å². The van der Waals surface area contributed by atoms with Crippen LogP contribution in [0.2, 0.25) is 5.02 Å². The van der Waals surface area contributed by atoms with E-state index in [0.717, 1.165) is 9.26 Å². The first-order chi connectivity index (χ1) is 7.58. The number of amidine groups is 1. The van der Waals surface area contributed by atoms with Crippen molar-refractivity contribution in [3.8, 4) is 5.69 Å².